The van der Waals surface area contributed by atoms with E-state index >= 15 is 0 Å². The van der Waals surface area contributed by atoms with E-state index in [-0.39, 0.29) is 17.4 Å². The standard InChI is InChI=1S/C23H26N4OS/c1-14-12-24-22(29-14)19-11-23(2,3)27-21(26-19)18(13-25-27)20(28)10-15-8-16-6-4-5-7-17(16)9-15/h4-7,12-13,15,19,26H,8-11H2,1-3H3. The Balaban J connectivity index is 1.39. The summed E-state index contributed by atoms with van der Waals surface area (Å²) in [5.41, 5.74) is 3.32. The van der Waals surface area contributed by atoms with Gasteiger partial charge in [-0.25, -0.2) is 9.67 Å². The number of fused-ring (bicyclic) bond motifs is 2. The van der Waals surface area contributed by atoms with Crippen LogP contribution in [0.2, 0.25) is 0 Å². The van der Waals surface area contributed by atoms with E-state index in [1.807, 2.05) is 10.9 Å². The number of benzene rings is 1. The van der Waals surface area contributed by atoms with Crippen LogP contribution in [-0.4, -0.2) is 20.5 Å². The van der Waals surface area contributed by atoms with E-state index in [0.717, 1.165) is 30.1 Å². The molecule has 6 heteroatoms. The molecule has 1 N–H and O–H groups in total. The van der Waals surface area contributed by atoms with Gasteiger partial charge < -0.3 is 5.32 Å². The first-order valence-electron chi connectivity index (χ1n) is 10.3. The lowest BCUT2D eigenvalue weighted by Crippen LogP contribution is -2.38. The van der Waals surface area contributed by atoms with Gasteiger partial charge in [0.2, 0.25) is 0 Å². The van der Waals surface area contributed by atoms with Gasteiger partial charge >= 0.3 is 0 Å². The molecule has 1 aliphatic heterocycles. The lowest BCUT2D eigenvalue weighted by Gasteiger charge is -2.37. The average Bonchev–Trinajstić information content (AvgIpc) is 3.38. The minimum absolute atomic E-state index is 0.107. The highest BCUT2D eigenvalue weighted by Gasteiger charge is 2.38. The monoisotopic (exact) mass is 406 g/mol. The van der Waals surface area contributed by atoms with Gasteiger partial charge in [0, 0.05) is 17.5 Å². The molecule has 150 valence electrons. The van der Waals surface area contributed by atoms with Crippen molar-refractivity contribution in [2.24, 2.45) is 5.92 Å². The average molecular weight is 407 g/mol. The molecule has 0 radical (unpaired) electrons. The number of aryl methyl sites for hydroxylation is 1. The van der Waals surface area contributed by atoms with Crippen molar-refractivity contribution in [1.29, 1.82) is 0 Å². The van der Waals surface area contributed by atoms with Gasteiger partial charge in [0.25, 0.3) is 0 Å². The second-order valence-electron chi connectivity index (χ2n) is 9.01. The quantitative estimate of drug-likeness (QED) is 0.624. The molecule has 0 spiro atoms. The Hall–Kier alpha value is -2.47. The number of aromatic nitrogens is 3. The van der Waals surface area contributed by atoms with Crippen LogP contribution in [0.4, 0.5) is 5.82 Å². The molecular formula is C23H26N4OS. The minimum atomic E-state index is -0.174. The highest BCUT2D eigenvalue weighted by atomic mass is 32.1. The molecule has 2 aromatic heterocycles. The fraction of sp³-hybridized carbons (Fsp3) is 0.435. The van der Waals surface area contributed by atoms with Crippen molar-refractivity contribution in [3.63, 3.8) is 0 Å². The van der Waals surface area contributed by atoms with Crippen LogP contribution in [0.25, 0.3) is 0 Å². The second-order valence-corrected chi connectivity index (χ2v) is 10.3. The molecule has 0 saturated heterocycles. The lowest BCUT2D eigenvalue weighted by molar-refractivity contribution is 0.0963. The molecule has 0 amide bonds. The third-order valence-corrected chi connectivity index (χ3v) is 7.23. The van der Waals surface area contributed by atoms with Gasteiger partial charge in [0.15, 0.2) is 5.78 Å². The van der Waals surface area contributed by atoms with Crippen LogP contribution in [-0.2, 0) is 18.4 Å². The van der Waals surface area contributed by atoms with Crippen LogP contribution in [0, 0.1) is 12.8 Å². The number of rotatable bonds is 4. The zero-order valence-corrected chi connectivity index (χ0v) is 17.9. The number of hydrogen-bond acceptors (Lipinski definition) is 5. The van der Waals surface area contributed by atoms with Crippen molar-refractivity contribution in [2.45, 2.75) is 58.0 Å². The maximum atomic E-state index is 13.2. The molecule has 29 heavy (non-hydrogen) atoms. The van der Waals surface area contributed by atoms with Gasteiger partial charge in [-0.1, -0.05) is 24.3 Å². The predicted octanol–water partition coefficient (Wildman–Crippen LogP) is 4.93. The van der Waals surface area contributed by atoms with Gasteiger partial charge in [0.05, 0.1) is 23.3 Å². The van der Waals surface area contributed by atoms with Gasteiger partial charge in [0.1, 0.15) is 10.8 Å². The molecule has 0 saturated carbocycles. The molecular weight excluding hydrogens is 380 g/mol. The van der Waals surface area contributed by atoms with E-state index < -0.39 is 0 Å². The van der Waals surface area contributed by atoms with Gasteiger partial charge in [-0.2, -0.15) is 5.10 Å². The minimum Gasteiger partial charge on any atom is -0.360 e. The Morgan fingerprint density at radius 1 is 1.24 bits per heavy atom. The Bertz CT molecular complexity index is 1060. The number of nitrogens with one attached hydrogen (secondary N) is 1. The van der Waals surface area contributed by atoms with Gasteiger partial charge in [-0.3, -0.25) is 4.79 Å². The maximum absolute atomic E-state index is 13.2. The first-order chi connectivity index (χ1) is 13.9. The van der Waals surface area contributed by atoms with Crippen molar-refractivity contribution in [1.82, 2.24) is 14.8 Å². The van der Waals surface area contributed by atoms with Crippen LogP contribution in [0.3, 0.4) is 0 Å². The molecule has 5 nitrogen and oxygen atoms in total. The van der Waals surface area contributed by atoms with Gasteiger partial charge in [-0.15, -0.1) is 11.3 Å². The first kappa shape index (κ1) is 18.6. The fourth-order valence-corrected chi connectivity index (χ4v) is 5.63. The van der Waals surface area contributed by atoms with Crippen LogP contribution in [0.5, 0.6) is 0 Å². The molecule has 1 atom stereocenters. The largest absolute Gasteiger partial charge is 0.360 e. The fourth-order valence-electron chi connectivity index (χ4n) is 4.80. The molecule has 0 bridgehead atoms. The number of carbonyl (C=O) groups is 1. The Morgan fingerprint density at radius 2 is 1.97 bits per heavy atom. The third-order valence-electron chi connectivity index (χ3n) is 6.20. The van der Waals surface area contributed by atoms with E-state index in [0.29, 0.717) is 17.9 Å². The summed E-state index contributed by atoms with van der Waals surface area (Å²) in [6.45, 7) is 6.44. The van der Waals surface area contributed by atoms with Crippen LogP contribution < -0.4 is 5.32 Å². The number of nitrogens with zero attached hydrogens (tertiary/aromatic N) is 3. The maximum Gasteiger partial charge on any atom is 0.168 e. The van der Waals surface area contributed by atoms with Crippen molar-refractivity contribution >= 4 is 22.9 Å². The summed E-state index contributed by atoms with van der Waals surface area (Å²) in [5.74, 6) is 1.41. The first-order valence-corrected chi connectivity index (χ1v) is 11.1. The van der Waals surface area contributed by atoms with Gasteiger partial charge in [-0.05, 0) is 57.1 Å². The number of anilines is 1. The third kappa shape index (κ3) is 3.29. The van der Waals surface area contributed by atoms with Crippen LogP contribution in [0.15, 0.2) is 36.7 Å². The number of hydrogen-bond donors (Lipinski definition) is 1. The summed E-state index contributed by atoms with van der Waals surface area (Å²) >= 11 is 1.72. The normalized spacial score (nSPS) is 20.2. The topological polar surface area (TPSA) is 59.8 Å². The summed E-state index contributed by atoms with van der Waals surface area (Å²) < 4.78 is 1.99. The number of ketones is 1. The summed E-state index contributed by atoms with van der Waals surface area (Å²) in [7, 11) is 0. The van der Waals surface area contributed by atoms with E-state index in [2.05, 4.69) is 60.4 Å². The molecule has 1 aliphatic carbocycles. The summed E-state index contributed by atoms with van der Waals surface area (Å²) in [6, 6.07) is 8.65. The molecule has 5 rings (SSSR count). The summed E-state index contributed by atoms with van der Waals surface area (Å²) in [6.07, 6.45) is 7.11. The molecule has 1 aromatic carbocycles. The van der Waals surface area contributed by atoms with Crippen molar-refractivity contribution in [3.05, 3.63) is 63.2 Å². The van der Waals surface area contributed by atoms with Crippen molar-refractivity contribution < 1.29 is 4.79 Å². The summed E-state index contributed by atoms with van der Waals surface area (Å²) in [5, 5.41) is 9.25. The second kappa shape index (κ2) is 6.80. The number of carbonyl (C=O) groups excluding carboxylic acids is 1. The van der Waals surface area contributed by atoms with E-state index in [4.69, 9.17) is 0 Å². The highest BCUT2D eigenvalue weighted by Crippen LogP contribution is 2.41. The zero-order chi connectivity index (χ0) is 20.2. The van der Waals surface area contributed by atoms with Crippen molar-refractivity contribution in [3.8, 4) is 0 Å². The van der Waals surface area contributed by atoms with Crippen molar-refractivity contribution in [2.75, 3.05) is 5.32 Å². The highest BCUT2D eigenvalue weighted by molar-refractivity contribution is 7.11. The number of Topliss-reactive ketones (excluding diaryl/α,β-unsaturated/α-hetero) is 1. The molecule has 0 fully saturated rings. The predicted molar refractivity (Wildman–Crippen MR) is 116 cm³/mol. The van der Waals surface area contributed by atoms with E-state index in [1.54, 1.807) is 17.5 Å². The lowest BCUT2D eigenvalue weighted by atomic mass is 9.92. The number of thiazole rings is 1. The smallest absolute Gasteiger partial charge is 0.168 e. The summed E-state index contributed by atoms with van der Waals surface area (Å²) in [4.78, 5) is 19.0. The Labute approximate surface area is 175 Å². The zero-order valence-electron chi connectivity index (χ0n) is 17.1. The molecule has 1 unspecified atom stereocenters. The molecule has 2 aliphatic rings. The molecule has 3 heterocycles. The van der Waals surface area contributed by atoms with E-state index in [1.165, 1.54) is 16.0 Å². The Kier molecular flexibility index (Phi) is 4.35. The molecule has 3 aromatic rings. The van der Waals surface area contributed by atoms with E-state index in [9.17, 15) is 4.79 Å². The van der Waals surface area contributed by atoms with Crippen LogP contribution in [0.1, 0.15) is 64.1 Å². The SMILES string of the molecule is Cc1cnc(C2CC(C)(C)n3ncc(C(=O)CC4Cc5ccccc5C4)c3N2)s1. The Morgan fingerprint density at radius 3 is 2.62 bits per heavy atom. The van der Waals surface area contributed by atoms with Crippen LogP contribution >= 0.6 is 11.3 Å².